The van der Waals surface area contributed by atoms with Crippen LogP contribution in [0.3, 0.4) is 0 Å². The van der Waals surface area contributed by atoms with E-state index in [2.05, 4.69) is 15.5 Å². The maximum absolute atomic E-state index is 12.4. The lowest BCUT2D eigenvalue weighted by molar-refractivity contribution is -0.120. The molecule has 0 saturated heterocycles. The van der Waals surface area contributed by atoms with Gasteiger partial charge in [-0.1, -0.05) is 24.6 Å². The largest absolute Gasteiger partial charge is 0.454 e. The predicted molar refractivity (Wildman–Crippen MR) is 98.3 cm³/mol. The minimum Gasteiger partial charge on any atom is -0.454 e. The molecule has 1 aromatic carbocycles. The first-order valence-corrected chi connectivity index (χ1v) is 9.76. The summed E-state index contributed by atoms with van der Waals surface area (Å²) in [5, 5.41) is 12.2. The van der Waals surface area contributed by atoms with E-state index in [1.165, 1.54) is 24.6 Å². The van der Waals surface area contributed by atoms with Crippen LogP contribution in [-0.2, 0) is 11.8 Å². The van der Waals surface area contributed by atoms with E-state index < -0.39 is 0 Å². The number of benzene rings is 1. The summed E-state index contributed by atoms with van der Waals surface area (Å²) in [6.45, 7) is 2.15. The molecule has 26 heavy (non-hydrogen) atoms. The van der Waals surface area contributed by atoms with E-state index in [-0.39, 0.29) is 18.0 Å². The normalized spacial score (nSPS) is 17.5. The lowest BCUT2D eigenvalue weighted by atomic mass is 10.2. The van der Waals surface area contributed by atoms with Crippen LogP contribution in [0.5, 0.6) is 11.5 Å². The van der Waals surface area contributed by atoms with Crippen molar-refractivity contribution < 1.29 is 14.3 Å². The van der Waals surface area contributed by atoms with Crippen LogP contribution in [0, 0.1) is 0 Å². The number of nitrogens with one attached hydrogen (secondary N) is 1. The SMILES string of the molecule is CC(Sc1nnc(-c2ccc3c(c2)OCO3)n1C)C(=O)NC1CCCC1. The minimum atomic E-state index is -0.219. The van der Waals surface area contributed by atoms with E-state index >= 15 is 0 Å². The van der Waals surface area contributed by atoms with Gasteiger partial charge in [0.2, 0.25) is 12.7 Å². The first-order chi connectivity index (χ1) is 12.6. The molecule has 0 bridgehead atoms. The van der Waals surface area contributed by atoms with Gasteiger partial charge in [0.1, 0.15) is 0 Å². The third-order valence-electron chi connectivity index (χ3n) is 4.82. The number of aromatic nitrogens is 3. The van der Waals surface area contributed by atoms with Crippen LogP contribution >= 0.6 is 11.8 Å². The highest BCUT2D eigenvalue weighted by molar-refractivity contribution is 8.00. The van der Waals surface area contributed by atoms with Gasteiger partial charge in [0.25, 0.3) is 0 Å². The van der Waals surface area contributed by atoms with Crippen LogP contribution in [0.25, 0.3) is 11.4 Å². The monoisotopic (exact) mass is 374 g/mol. The molecule has 1 fully saturated rings. The molecule has 2 aliphatic rings. The second-order valence-corrected chi connectivity index (χ2v) is 7.99. The predicted octanol–water partition coefficient (Wildman–Crippen LogP) is 2.75. The molecule has 1 aliphatic heterocycles. The topological polar surface area (TPSA) is 78.3 Å². The molecule has 0 spiro atoms. The number of hydrogen-bond donors (Lipinski definition) is 1. The first-order valence-electron chi connectivity index (χ1n) is 8.88. The second-order valence-electron chi connectivity index (χ2n) is 6.68. The molecule has 1 aromatic heterocycles. The summed E-state index contributed by atoms with van der Waals surface area (Å²) in [7, 11) is 1.91. The van der Waals surface area contributed by atoms with E-state index in [0.717, 1.165) is 30.0 Å². The molecule has 7 nitrogen and oxygen atoms in total. The zero-order valence-corrected chi connectivity index (χ0v) is 15.7. The fraction of sp³-hybridized carbons (Fsp3) is 0.500. The minimum absolute atomic E-state index is 0.0644. The summed E-state index contributed by atoms with van der Waals surface area (Å²) in [5.74, 6) is 2.25. The second kappa shape index (κ2) is 7.19. The Labute approximate surface area is 156 Å². The molecule has 1 amide bonds. The van der Waals surface area contributed by atoms with E-state index in [9.17, 15) is 4.79 Å². The van der Waals surface area contributed by atoms with E-state index in [1.54, 1.807) is 0 Å². The first kappa shape index (κ1) is 17.2. The Hall–Kier alpha value is -2.22. The summed E-state index contributed by atoms with van der Waals surface area (Å²) >= 11 is 1.42. The van der Waals surface area contributed by atoms with Crippen molar-refractivity contribution in [3.05, 3.63) is 18.2 Å². The van der Waals surface area contributed by atoms with E-state index in [1.807, 2.05) is 36.7 Å². The quantitative estimate of drug-likeness (QED) is 0.811. The van der Waals surface area contributed by atoms with Crippen molar-refractivity contribution in [2.24, 2.45) is 7.05 Å². The summed E-state index contributed by atoms with van der Waals surface area (Å²) < 4.78 is 12.7. The Balaban J connectivity index is 1.46. The number of hydrogen-bond acceptors (Lipinski definition) is 6. The molecule has 1 atom stereocenters. The fourth-order valence-corrected chi connectivity index (χ4v) is 4.13. The van der Waals surface area contributed by atoms with Gasteiger partial charge in [-0.2, -0.15) is 0 Å². The third kappa shape index (κ3) is 3.38. The lowest BCUT2D eigenvalue weighted by Gasteiger charge is -2.16. The number of ether oxygens (including phenoxy) is 2. The summed E-state index contributed by atoms with van der Waals surface area (Å²) in [6, 6.07) is 6.03. The van der Waals surface area contributed by atoms with Gasteiger partial charge in [0.05, 0.1) is 5.25 Å². The van der Waals surface area contributed by atoms with Crippen LogP contribution in [0.1, 0.15) is 32.6 Å². The molecule has 0 radical (unpaired) electrons. The van der Waals surface area contributed by atoms with Gasteiger partial charge in [-0.25, -0.2) is 0 Å². The average Bonchev–Trinajstić information content (AvgIpc) is 3.36. The van der Waals surface area contributed by atoms with Gasteiger partial charge >= 0.3 is 0 Å². The van der Waals surface area contributed by atoms with Gasteiger partial charge in [0, 0.05) is 18.7 Å². The highest BCUT2D eigenvalue weighted by Crippen LogP contribution is 2.36. The standard InChI is InChI=1S/C18H22N4O3S/c1-11(17(23)19-13-5-3-4-6-13)26-18-21-20-16(22(18)2)12-7-8-14-15(9-12)25-10-24-14/h7-9,11,13H,3-6,10H2,1-2H3,(H,19,23). The molecule has 1 N–H and O–H groups in total. The Morgan fingerprint density at radius 1 is 1.27 bits per heavy atom. The Kier molecular flexibility index (Phi) is 4.76. The molecule has 2 aromatic rings. The van der Waals surface area contributed by atoms with Crippen LogP contribution < -0.4 is 14.8 Å². The molecule has 138 valence electrons. The molecular formula is C18H22N4O3S. The third-order valence-corrected chi connectivity index (χ3v) is 5.95. The zero-order chi connectivity index (χ0) is 18.1. The van der Waals surface area contributed by atoms with Crippen LogP contribution in [0.2, 0.25) is 0 Å². The Morgan fingerprint density at radius 3 is 2.85 bits per heavy atom. The van der Waals surface area contributed by atoms with E-state index in [4.69, 9.17) is 9.47 Å². The molecule has 1 unspecified atom stereocenters. The maximum atomic E-state index is 12.4. The zero-order valence-electron chi connectivity index (χ0n) is 14.9. The molecule has 1 saturated carbocycles. The summed E-state index contributed by atoms with van der Waals surface area (Å²) in [6.07, 6.45) is 4.58. The highest BCUT2D eigenvalue weighted by atomic mass is 32.2. The van der Waals surface area contributed by atoms with Crippen LogP contribution in [0.15, 0.2) is 23.4 Å². The van der Waals surface area contributed by atoms with Crippen LogP contribution in [-0.4, -0.2) is 38.8 Å². The van der Waals surface area contributed by atoms with Gasteiger partial charge in [-0.3, -0.25) is 4.79 Å². The lowest BCUT2D eigenvalue weighted by Crippen LogP contribution is -2.37. The van der Waals surface area contributed by atoms with Crippen molar-refractivity contribution >= 4 is 17.7 Å². The number of fused-ring (bicyclic) bond motifs is 1. The smallest absolute Gasteiger partial charge is 0.233 e. The van der Waals surface area contributed by atoms with Crippen molar-refractivity contribution in [2.75, 3.05) is 6.79 Å². The van der Waals surface area contributed by atoms with Crippen molar-refractivity contribution in [2.45, 2.75) is 49.1 Å². The Morgan fingerprint density at radius 2 is 2.04 bits per heavy atom. The number of rotatable bonds is 5. The molecule has 1 aliphatic carbocycles. The number of carbonyl (C=O) groups excluding carboxylic acids is 1. The van der Waals surface area contributed by atoms with Gasteiger partial charge in [-0.05, 0) is 38.0 Å². The molecular weight excluding hydrogens is 352 g/mol. The van der Waals surface area contributed by atoms with Gasteiger partial charge in [0.15, 0.2) is 22.5 Å². The summed E-state index contributed by atoms with van der Waals surface area (Å²) in [4.78, 5) is 12.4. The van der Waals surface area contributed by atoms with Crippen molar-refractivity contribution in [3.8, 4) is 22.9 Å². The van der Waals surface area contributed by atoms with Crippen molar-refractivity contribution in [1.82, 2.24) is 20.1 Å². The van der Waals surface area contributed by atoms with Crippen LogP contribution in [0.4, 0.5) is 0 Å². The molecule has 8 heteroatoms. The average molecular weight is 374 g/mol. The Bertz CT molecular complexity index is 817. The maximum Gasteiger partial charge on any atom is 0.233 e. The van der Waals surface area contributed by atoms with Crippen molar-refractivity contribution in [1.29, 1.82) is 0 Å². The fourth-order valence-electron chi connectivity index (χ4n) is 3.30. The number of thioether (sulfide) groups is 1. The van der Waals surface area contributed by atoms with Gasteiger partial charge < -0.3 is 19.4 Å². The number of nitrogens with zero attached hydrogens (tertiary/aromatic N) is 3. The summed E-state index contributed by atoms with van der Waals surface area (Å²) in [5.41, 5.74) is 0.902. The highest BCUT2D eigenvalue weighted by Gasteiger charge is 2.24. The number of amides is 1. The van der Waals surface area contributed by atoms with E-state index in [0.29, 0.717) is 16.9 Å². The molecule has 4 rings (SSSR count). The van der Waals surface area contributed by atoms with Crippen molar-refractivity contribution in [3.63, 3.8) is 0 Å². The number of carbonyl (C=O) groups is 1. The molecule has 2 heterocycles. The van der Waals surface area contributed by atoms with Gasteiger partial charge in [-0.15, -0.1) is 10.2 Å².